The molecule has 1 aliphatic rings. The van der Waals surface area contributed by atoms with Gasteiger partial charge in [0.05, 0.1) is 19.0 Å². The van der Waals surface area contributed by atoms with Crippen molar-refractivity contribution in [3.05, 3.63) is 45.0 Å². The zero-order chi connectivity index (χ0) is 25.5. The van der Waals surface area contributed by atoms with Crippen molar-refractivity contribution in [3.8, 4) is 0 Å². The zero-order valence-electron chi connectivity index (χ0n) is 20.9. The lowest BCUT2D eigenvalue weighted by molar-refractivity contribution is 0.107. The number of benzene rings is 1. The molecule has 0 amide bonds. The van der Waals surface area contributed by atoms with Gasteiger partial charge in [-0.05, 0) is 75.9 Å². The highest BCUT2D eigenvalue weighted by Crippen LogP contribution is 2.50. The molecule has 1 fully saturated rings. The number of hydrogen-bond donors (Lipinski definition) is 2. The first-order valence-corrected chi connectivity index (χ1v) is 17.0. The van der Waals surface area contributed by atoms with Crippen LogP contribution in [0.2, 0.25) is 23.4 Å². The Balaban J connectivity index is 1.68. The van der Waals surface area contributed by atoms with E-state index in [0.717, 1.165) is 5.56 Å². The lowest BCUT2D eigenvalue weighted by Gasteiger charge is -2.41. The minimum absolute atomic E-state index is 0.0719. The van der Waals surface area contributed by atoms with Crippen LogP contribution in [0.5, 0.6) is 0 Å². The van der Waals surface area contributed by atoms with Gasteiger partial charge in [-0.2, -0.15) is 9.97 Å². The summed E-state index contributed by atoms with van der Waals surface area (Å²) in [6.07, 6.45) is 1.73. The molecule has 0 aliphatic carbocycles. The Hall–Kier alpha value is -0.923. The molecule has 0 radical (unpaired) electrons. The van der Waals surface area contributed by atoms with E-state index in [9.17, 15) is 5.11 Å². The fourth-order valence-corrected chi connectivity index (χ4v) is 7.84. The van der Waals surface area contributed by atoms with Gasteiger partial charge in [0, 0.05) is 15.4 Å². The molecule has 7 nitrogen and oxygen atoms in total. The summed E-state index contributed by atoms with van der Waals surface area (Å²) in [5.41, 5.74) is 2.49. The van der Waals surface area contributed by atoms with Crippen molar-refractivity contribution < 1.29 is 9.53 Å². The minimum Gasteiger partial charge on any atom is -0.411 e. The maximum absolute atomic E-state index is 10.1. The second-order valence-corrected chi connectivity index (χ2v) is 18.3. The molecule has 190 valence electrons. The van der Waals surface area contributed by atoms with E-state index in [1.165, 1.54) is 3.57 Å². The third-order valence-corrected chi connectivity index (χ3v) is 14.2. The van der Waals surface area contributed by atoms with Crippen LogP contribution < -0.4 is 5.32 Å². The Bertz CT molecular complexity index is 1200. The van der Waals surface area contributed by atoms with Crippen molar-refractivity contribution >= 4 is 71.3 Å². The smallest absolute Gasteiger partial charge is 0.226 e. The first kappa shape index (κ1) is 27.1. The molecule has 1 saturated heterocycles. The highest BCUT2D eigenvalue weighted by Gasteiger charge is 2.48. The summed E-state index contributed by atoms with van der Waals surface area (Å²) in [7, 11) is -2.05. The zero-order valence-corrected chi connectivity index (χ0v) is 25.6. The third kappa shape index (κ3) is 5.67. The number of aromatic nitrogens is 4. The number of aliphatic hydroxyl groups is 1. The summed E-state index contributed by atoms with van der Waals surface area (Å²) < 4.78 is 10.2. The average Bonchev–Trinajstić information content (AvgIpc) is 3.32. The van der Waals surface area contributed by atoms with Gasteiger partial charge in [0.15, 0.2) is 25.3 Å². The molecule has 3 heterocycles. The van der Waals surface area contributed by atoms with Gasteiger partial charge < -0.3 is 14.8 Å². The maximum Gasteiger partial charge on any atom is 0.226 e. The number of thioether (sulfide) groups is 1. The predicted octanol–water partition coefficient (Wildman–Crippen LogP) is 6.33. The molecule has 1 aromatic carbocycles. The monoisotopic (exact) mass is 645 g/mol. The van der Waals surface area contributed by atoms with Gasteiger partial charge in [-0.1, -0.05) is 39.8 Å². The number of imidazole rings is 1. The molecule has 0 bridgehead atoms. The third-order valence-electron chi connectivity index (χ3n) is 7.13. The fourth-order valence-electron chi connectivity index (χ4n) is 4.00. The molecule has 3 aromatic rings. The number of fused-ring (bicyclic) bond motifs is 1. The molecule has 0 spiro atoms. The molecule has 1 aliphatic heterocycles. The van der Waals surface area contributed by atoms with Gasteiger partial charge in [0.25, 0.3) is 0 Å². The van der Waals surface area contributed by atoms with Crippen molar-refractivity contribution in [1.29, 1.82) is 0 Å². The van der Waals surface area contributed by atoms with Gasteiger partial charge in [-0.15, -0.1) is 11.8 Å². The van der Waals surface area contributed by atoms with Gasteiger partial charge in [0.2, 0.25) is 5.28 Å². The molecule has 4 unspecified atom stereocenters. The molecule has 2 N–H and O–H groups in total. The second-order valence-electron chi connectivity index (χ2n) is 10.6. The van der Waals surface area contributed by atoms with Crippen LogP contribution in [0.4, 0.5) is 5.82 Å². The van der Waals surface area contributed by atoms with Crippen LogP contribution in [-0.2, 0) is 11.0 Å². The number of nitrogens with one attached hydrogen (secondary N) is 1. The van der Waals surface area contributed by atoms with Crippen LogP contribution in [0.15, 0.2) is 30.6 Å². The molecule has 4 atom stereocenters. The Labute approximate surface area is 231 Å². The van der Waals surface area contributed by atoms with E-state index < -0.39 is 8.32 Å². The summed E-state index contributed by atoms with van der Waals surface area (Å²) >= 11 is 10.4. The topological polar surface area (TPSA) is 85.1 Å². The number of nitrogens with zero attached hydrogens (tertiary/aromatic N) is 4. The van der Waals surface area contributed by atoms with E-state index in [2.05, 4.69) is 102 Å². The van der Waals surface area contributed by atoms with Crippen molar-refractivity contribution in [2.45, 2.75) is 69.1 Å². The Morgan fingerprint density at radius 2 is 2.03 bits per heavy atom. The van der Waals surface area contributed by atoms with Crippen LogP contribution in [-0.4, -0.2) is 50.9 Å². The Morgan fingerprint density at radius 3 is 2.69 bits per heavy atom. The average molecular weight is 646 g/mol. The standard InChI is InChI=1S/C24H33ClIN5O2SSi/c1-14-17(12-32)34-22(19(14)33-35(5,6)24(2,3)4)31-13-28-18-20(29-23(25)30-21(18)31)27-11-15-8-7-9-16(26)10-15/h7-10,13-14,17,19,22,32H,11-12H2,1-6H3,(H,27,29,30). The molecule has 11 heteroatoms. The van der Waals surface area contributed by atoms with E-state index in [1.807, 2.05) is 10.6 Å². The summed E-state index contributed by atoms with van der Waals surface area (Å²) in [6, 6.07) is 8.30. The van der Waals surface area contributed by atoms with Gasteiger partial charge in [-0.25, -0.2) is 4.98 Å². The van der Waals surface area contributed by atoms with Gasteiger partial charge in [0.1, 0.15) is 5.37 Å². The fraction of sp³-hybridized carbons (Fsp3) is 0.542. The van der Waals surface area contributed by atoms with Crippen LogP contribution in [0, 0.1) is 9.49 Å². The van der Waals surface area contributed by atoms with Crippen LogP contribution in [0.25, 0.3) is 11.2 Å². The summed E-state index contributed by atoms with van der Waals surface area (Å²) in [5.74, 6) is 0.784. The van der Waals surface area contributed by atoms with E-state index >= 15 is 0 Å². The van der Waals surface area contributed by atoms with Crippen molar-refractivity contribution in [3.63, 3.8) is 0 Å². The summed E-state index contributed by atoms with van der Waals surface area (Å²) in [4.78, 5) is 13.7. The van der Waals surface area contributed by atoms with Gasteiger partial charge in [-0.3, -0.25) is 4.57 Å². The van der Waals surface area contributed by atoms with E-state index in [1.54, 1.807) is 18.1 Å². The number of rotatable bonds is 7. The lowest BCUT2D eigenvalue weighted by Crippen LogP contribution is -2.46. The Morgan fingerprint density at radius 1 is 1.29 bits per heavy atom. The molecule has 2 aromatic heterocycles. The maximum atomic E-state index is 10.1. The van der Waals surface area contributed by atoms with Crippen LogP contribution in [0.3, 0.4) is 0 Å². The molecule has 4 rings (SSSR count). The van der Waals surface area contributed by atoms with Crippen molar-refractivity contribution in [1.82, 2.24) is 19.5 Å². The number of halogens is 2. The van der Waals surface area contributed by atoms with Gasteiger partial charge >= 0.3 is 0 Å². The molecule has 35 heavy (non-hydrogen) atoms. The van der Waals surface area contributed by atoms with Crippen LogP contribution >= 0.6 is 46.0 Å². The minimum atomic E-state index is -2.05. The van der Waals surface area contributed by atoms with Crippen molar-refractivity contribution in [2.24, 2.45) is 5.92 Å². The Kier molecular flexibility index (Phi) is 8.10. The number of anilines is 1. The highest BCUT2D eigenvalue weighted by atomic mass is 127. The van der Waals surface area contributed by atoms with E-state index in [-0.39, 0.29) is 39.6 Å². The normalized spacial score (nSPS) is 23.2. The SMILES string of the molecule is CC1C(CO)SC(n2cnc3c(NCc4cccc(I)c4)nc(Cl)nc32)C1O[Si](C)(C)C(C)(C)C. The quantitative estimate of drug-likeness (QED) is 0.177. The number of aliphatic hydroxyl groups excluding tert-OH is 1. The molecular weight excluding hydrogens is 613 g/mol. The second kappa shape index (κ2) is 10.4. The van der Waals surface area contributed by atoms with Crippen LogP contribution in [0.1, 0.15) is 38.6 Å². The van der Waals surface area contributed by atoms with E-state index in [4.69, 9.17) is 16.0 Å². The van der Waals surface area contributed by atoms with Crippen molar-refractivity contribution in [2.75, 3.05) is 11.9 Å². The lowest BCUT2D eigenvalue weighted by atomic mass is 10.0. The summed E-state index contributed by atoms with van der Waals surface area (Å²) in [6.45, 7) is 14.1. The number of hydrogen-bond acceptors (Lipinski definition) is 7. The predicted molar refractivity (Wildman–Crippen MR) is 156 cm³/mol. The highest BCUT2D eigenvalue weighted by molar-refractivity contribution is 14.1. The summed E-state index contributed by atoms with van der Waals surface area (Å²) in [5, 5.41) is 13.7. The first-order valence-electron chi connectivity index (χ1n) is 11.7. The molecule has 0 saturated carbocycles. The largest absolute Gasteiger partial charge is 0.411 e. The van der Waals surface area contributed by atoms with E-state index in [0.29, 0.717) is 23.5 Å². The first-order chi connectivity index (χ1) is 16.4. The molecular formula is C24H33ClIN5O2SSi.